The van der Waals surface area contributed by atoms with Crippen LogP contribution < -0.4 is 31.6 Å². The highest BCUT2D eigenvalue weighted by atomic mass is 32.7. The molecular formula is C51H65N11O17P2S2. The van der Waals surface area contributed by atoms with E-state index in [1.807, 2.05) is 0 Å². The van der Waals surface area contributed by atoms with E-state index < -0.39 is 110 Å². The molecule has 83 heavy (non-hydrogen) atoms. The number of aromatic amines is 1. The lowest BCUT2D eigenvalue weighted by Gasteiger charge is -2.26. The van der Waals surface area contributed by atoms with Crippen LogP contribution in [0.3, 0.4) is 0 Å². The molecule has 0 unspecified atom stereocenters. The van der Waals surface area contributed by atoms with Crippen molar-refractivity contribution in [2.45, 2.75) is 128 Å². The molecule has 1 aliphatic carbocycles. The fourth-order valence-electron chi connectivity index (χ4n) is 9.23. The van der Waals surface area contributed by atoms with Gasteiger partial charge in [0, 0.05) is 43.5 Å². The normalized spacial score (nSPS) is 25.5. The van der Waals surface area contributed by atoms with Crippen LogP contribution in [-0.2, 0) is 64.2 Å². The lowest BCUT2D eigenvalue weighted by atomic mass is 10.0. The number of hydrogen-bond donors (Lipinski definition) is 8. The number of thiol groups is 2. The van der Waals surface area contributed by atoms with Crippen LogP contribution in [0.5, 0.6) is 5.88 Å². The van der Waals surface area contributed by atoms with E-state index in [1.165, 1.54) is 42.0 Å². The Kier molecular flexibility index (Phi) is 20.1. The Balaban J connectivity index is 0.873. The number of fused-ring (bicyclic) bond motifs is 4. The molecule has 28 nitrogen and oxygen atoms in total. The summed E-state index contributed by atoms with van der Waals surface area (Å²) >= 11 is 8.45. The molecule has 32 heteroatoms. The van der Waals surface area contributed by atoms with Gasteiger partial charge < -0.3 is 49.4 Å². The number of aliphatic hydroxyl groups is 1. The van der Waals surface area contributed by atoms with Crippen LogP contribution in [0.25, 0.3) is 11.2 Å². The van der Waals surface area contributed by atoms with E-state index in [2.05, 4.69) is 70.7 Å². The maximum Gasteiger partial charge on any atom is 0.410 e. The minimum Gasteiger partial charge on any atom is -0.474 e. The first kappa shape index (κ1) is 62.6. The van der Waals surface area contributed by atoms with E-state index in [0.717, 1.165) is 6.33 Å². The standard InChI is InChI=1S/C51H65N11O17P2S2/c1-27(2)38(57-49(68)77-51(4,5)6)45(66)55-28(3)43(64)56-32-14-12-29(13-15-32)23-72-50(69)61(7)22-31-10-8-9-11-34(31)44(65)59-48-58-42-39(46(67)60-48)54-26-62(42)47-41-40(63)36(76-47)24-74-81(71,83)78-35-21-33(75-37-16-18-52-25-53-37)20-30(35)17-19-73-80(70,82)79-41/h8-16,18,25-28,30,33,35-36,38,40-41,47,63H,17,19-24H2,1-7H3,(H,55,66)(H,56,64)(H,57,68)(H,70,82)(H,71,83)(H2,58,59,60,65,67)/t28-,30-,33+,35-,36+,38-,40+,41+,47+,80+,81+/m0/s1. The zero-order valence-corrected chi connectivity index (χ0v) is 49.7. The second-order valence-corrected chi connectivity index (χ2v) is 26.9. The number of imidazole rings is 1. The first-order chi connectivity index (χ1) is 39.2. The molecule has 1 saturated carbocycles. The van der Waals surface area contributed by atoms with Crippen LogP contribution in [0.15, 0.2) is 78.2 Å². The van der Waals surface area contributed by atoms with Crippen molar-refractivity contribution in [3.63, 3.8) is 0 Å². The largest absolute Gasteiger partial charge is 0.474 e. The van der Waals surface area contributed by atoms with Gasteiger partial charge in [0.1, 0.15) is 55.0 Å². The number of nitrogens with one attached hydrogen (secondary N) is 5. The predicted molar refractivity (Wildman–Crippen MR) is 303 cm³/mol. The number of ether oxygens (including phenoxy) is 4. The van der Waals surface area contributed by atoms with E-state index in [-0.39, 0.29) is 67.1 Å². The number of alkyl carbamates (subject to hydrolysis) is 1. The van der Waals surface area contributed by atoms with E-state index in [1.54, 1.807) is 83.1 Å². The van der Waals surface area contributed by atoms with E-state index >= 15 is 0 Å². The number of hydrogen-bond acceptors (Lipinski definition) is 21. The summed E-state index contributed by atoms with van der Waals surface area (Å²) in [5.74, 6) is -2.47. The first-order valence-corrected chi connectivity index (χ1v) is 31.6. The van der Waals surface area contributed by atoms with Gasteiger partial charge in [0.05, 0.1) is 25.6 Å². The monoisotopic (exact) mass is 1230 g/mol. The van der Waals surface area contributed by atoms with Crippen molar-refractivity contribution < 1.29 is 75.3 Å². The first-order valence-electron chi connectivity index (χ1n) is 26.2. The van der Waals surface area contributed by atoms with Gasteiger partial charge in [-0.1, -0.05) is 68.7 Å². The summed E-state index contributed by atoms with van der Waals surface area (Å²) in [5.41, 5.74) is -0.495. The SMILES string of the molecule is CC(C)[C@H](NC(=O)OC(C)(C)C)C(=O)N[C@@H](C)C(=O)Nc1ccc(COC(=O)N(C)Cc2ccccc2C(=O)Nc2nc3c(ncn3[C@@H]3O[C@@H]4CO[P@@](=O)(S)O[C@H]5C[C@H](Oc6ccncn6)C[C@@H]5CCO[P@@](=O)(S)O[C@@H]3[C@@H]4O)c(=O)[nH]2)cc1. The van der Waals surface area contributed by atoms with Gasteiger partial charge in [0.2, 0.25) is 23.6 Å². The lowest BCUT2D eigenvalue weighted by Crippen LogP contribution is -2.54. The van der Waals surface area contributed by atoms with Crippen LogP contribution in [0.2, 0.25) is 0 Å². The molecule has 448 valence electrons. The molecule has 6 N–H and O–H groups in total. The van der Waals surface area contributed by atoms with E-state index in [0.29, 0.717) is 29.1 Å². The van der Waals surface area contributed by atoms with Gasteiger partial charge in [0.25, 0.3) is 11.5 Å². The molecule has 2 saturated heterocycles. The number of rotatable bonds is 15. The molecule has 5 amide bonds. The summed E-state index contributed by atoms with van der Waals surface area (Å²) in [5, 5.41) is 22.1. The van der Waals surface area contributed by atoms with Gasteiger partial charge in [-0.25, -0.2) is 33.7 Å². The number of nitrogens with zero attached hydrogens (tertiary/aromatic N) is 6. The fraction of sp³-hybridized carbons (Fsp3) is 0.490. The summed E-state index contributed by atoms with van der Waals surface area (Å²) in [6.45, 7) is 0.646. The Morgan fingerprint density at radius 3 is 2.37 bits per heavy atom. The number of benzene rings is 2. The van der Waals surface area contributed by atoms with Crippen molar-refractivity contribution in [1.82, 2.24) is 45.0 Å². The highest BCUT2D eigenvalue weighted by Gasteiger charge is 2.51. The number of H-pyrrole nitrogens is 1. The molecule has 5 aromatic rings. The predicted octanol–water partition coefficient (Wildman–Crippen LogP) is 6.32. The maximum atomic E-state index is 14.0. The molecule has 3 aliphatic rings. The van der Waals surface area contributed by atoms with Crippen LogP contribution in [0.4, 0.5) is 21.2 Å². The molecule has 2 bridgehead atoms. The third-order valence-electron chi connectivity index (χ3n) is 13.3. The summed E-state index contributed by atoms with van der Waals surface area (Å²) in [6.07, 6.45) is -3.66. The van der Waals surface area contributed by atoms with Crippen molar-refractivity contribution in [2.75, 3.05) is 30.9 Å². The topological polar surface area (TPSA) is 354 Å². The van der Waals surface area contributed by atoms with Crippen LogP contribution in [-0.4, -0.2) is 138 Å². The Bertz CT molecular complexity index is 3320. The van der Waals surface area contributed by atoms with Gasteiger partial charge in [-0.2, -0.15) is 4.98 Å². The molecular weight excluding hydrogens is 1160 g/mol. The molecule has 0 spiro atoms. The van der Waals surface area contributed by atoms with Crippen LogP contribution in [0.1, 0.15) is 88.5 Å². The zero-order chi connectivity index (χ0) is 60.0. The van der Waals surface area contributed by atoms with Gasteiger partial charge in [-0.15, -0.1) is 0 Å². The van der Waals surface area contributed by atoms with E-state index in [4.69, 9.17) is 37.0 Å². The quantitative estimate of drug-likeness (QED) is 0.0420. The van der Waals surface area contributed by atoms with Gasteiger partial charge in [-0.05, 0) is 81.7 Å². The number of aliphatic hydroxyl groups excluding tert-OH is 1. The number of anilines is 2. The highest BCUT2D eigenvalue weighted by Crippen LogP contribution is 2.60. The molecule has 0 radical (unpaired) electrons. The summed E-state index contributed by atoms with van der Waals surface area (Å²) in [4.78, 5) is 99.5. The molecule has 2 aromatic carbocycles. The minimum atomic E-state index is -4.30. The fourth-order valence-corrected chi connectivity index (χ4v) is 12.3. The smallest absolute Gasteiger partial charge is 0.410 e. The number of aromatic nitrogens is 6. The summed E-state index contributed by atoms with van der Waals surface area (Å²) in [6, 6.07) is 12.5. The van der Waals surface area contributed by atoms with Gasteiger partial charge in [-0.3, -0.25) is 47.6 Å². The second kappa shape index (κ2) is 26.6. The third kappa shape index (κ3) is 16.7. The molecule has 2 aliphatic heterocycles. The number of carbonyl (C=O) groups excluding carboxylic acids is 5. The Morgan fingerprint density at radius 1 is 0.928 bits per heavy atom. The maximum absolute atomic E-state index is 14.0. The zero-order valence-electron chi connectivity index (χ0n) is 46.1. The molecule has 5 heterocycles. The molecule has 3 aromatic heterocycles. The van der Waals surface area contributed by atoms with Crippen molar-refractivity contribution in [3.05, 3.63) is 100 Å². The molecule has 8 rings (SSSR count). The number of carbonyl (C=O) groups is 5. The van der Waals surface area contributed by atoms with Crippen molar-refractivity contribution >= 4 is 90.8 Å². The van der Waals surface area contributed by atoms with Gasteiger partial charge in [0.15, 0.2) is 17.4 Å². The van der Waals surface area contributed by atoms with Crippen molar-refractivity contribution in [1.29, 1.82) is 0 Å². The van der Waals surface area contributed by atoms with Crippen molar-refractivity contribution in [3.8, 4) is 5.88 Å². The number of amides is 5. The average molecular weight is 1230 g/mol. The van der Waals surface area contributed by atoms with Crippen LogP contribution in [0, 0.1) is 11.8 Å². The summed E-state index contributed by atoms with van der Waals surface area (Å²) < 4.78 is 75.0. The second-order valence-electron chi connectivity index (χ2n) is 21.2. The van der Waals surface area contributed by atoms with E-state index in [9.17, 15) is 43.0 Å². The van der Waals surface area contributed by atoms with Crippen molar-refractivity contribution in [2.24, 2.45) is 11.8 Å². The Hall–Kier alpha value is -6.46. The lowest BCUT2D eigenvalue weighted by molar-refractivity contribution is -0.128. The minimum absolute atomic E-state index is 0.101. The summed E-state index contributed by atoms with van der Waals surface area (Å²) in [7, 11) is 1.47. The molecule has 11 atom stereocenters. The third-order valence-corrected chi connectivity index (χ3v) is 16.6. The average Bonchev–Trinajstić information content (AvgIpc) is 2.66. The Labute approximate surface area is 486 Å². The molecule has 3 fully saturated rings. The van der Waals surface area contributed by atoms with Crippen LogP contribution >= 0.6 is 38.1 Å². The Morgan fingerprint density at radius 2 is 1.66 bits per heavy atom. The highest BCUT2D eigenvalue weighted by molar-refractivity contribution is 8.44. The van der Waals surface area contributed by atoms with Gasteiger partial charge >= 0.3 is 25.8 Å².